The molecule has 1 atom stereocenters. The molecule has 0 spiro atoms. The molecule has 1 aromatic carbocycles. The van der Waals surface area contributed by atoms with Crippen molar-refractivity contribution in [1.82, 2.24) is 10.2 Å². The lowest BCUT2D eigenvalue weighted by atomic mass is 10.0. The first-order chi connectivity index (χ1) is 9.63. The number of hydrogen-bond acceptors (Lipinski definition) is 4. The number of amides is 1. The van der Waals surface area contributed by atoms with Crippen LogP contribution in [0.15, 0.2) is 18.2 Å². The second-order valence-electron chi connectivity index (χ2n) is 5.26. The van der Waals surface area contributed by atoms with E-state index < -0.39 is 0 Å². The SMILES string of the molecule is CCN1CCCC(Nc2cc(N)ccc2C(=O)NC)C1. The Labute approximate surface area is 120 Å². The van der Waals surface area contributed by atoms with Gasteiger partial charge < -0.3 is 21.3 Å². The Morgan fingerprint density at radius 2 is 2.30 bits per heavy atom. The van der Waals surface area contributed by atoms with Crippen LogP contribution in [0.3, 0.4) is 0 Å². The Balaban J connectivity index is 2.15. The highest BCUT2D eigenvalue weighted by Gasteiger charge is 2.20. The molecule has 1 saturated heterocycles. The maximum Gasteiger partial charge on any atom is 0.253 e. The zero-order valence-corrected chi connectivity index (χ0v) is 12.3. The number of likely N-dealkylation sites (N-methyl/N-ethyl adjacent to an activating group) is 1. The monoisotopic (exact) mass is 276 g/mol. The molecule has 1 aromatic rings. The Morgan fingerprint density at radius 1 is 1.50 bits per heavy atom. The van der Waals surface area contributed by atoms with Gasteiger partial charge in [-0.15, -0.1) is 0 Å². The number of rotatable bonds is 4. The molecule has 0 bridgehead atoms. The van der Waals surface area contributed by atoms with Crippen LogP contribution in [0.4, 0.5) is 11.4 Å². The van der Waals surface area contributed by atoms with Crippen molar-refractivity contribution in [2.75, 3.05) is 37.7 Å². The van der Waals surface area contributed by atoms with Crippen molar-refractivity contribution in [2.24, 2.45) is 0 Å². The molecule has 20 heavy (non-hydrogen) atoms. The first kappa shape index (κ1) is 14.7. The molecule has 4 N–H and O–H groups in total. The number of nitrogen functional groups attached to an aromatic ring is 1. The number of carbonyl (C=O) groups is 1. The van der Waals surface area contributed by atoms with E-state index in [9.17, 15) is 4.79 Å². The summed E-state index contributed by atoms with van der Waals surface area (Å²) in [4.78, 5) is 14.3. The van der Waals surface area contributed by atoms with Gasteiger partial charge in [0.05, 0.1) is 5.56 Å². The quantitative estimate of drug-likeness (QED) is 0.729. The summed E-state index contributed by atoms with van der Waals surface area (Å²) in [6, 6.07) is 5.75. The normalized spacial score (nSPS) is 19.6. The minimum Gasteiger partial charge on any atom is -0.399 e. The van der Waals surface area contributed by atoms with Gasteiger partial charge in [0.2, 0.25) is 0 Å². The van der Waals surface area contributed by atoms with Gasteiger partial charge in [-0.1, -0.05) is 6.92 Å². The van der Waals surface area contributed by atoms with E-state index in [1.54, 1.807) is 19.2 Å². The molecular formula is C15H24N4O. The highest BCUT2D eigenvalue weighted by molar-refractivity contribution is 6.00. The summed E-state index contributed by atoms with van der Waals surface area (Å²) in [6.07, 6.45) is 2.31. The third kappa shape index (κ3) is 3.42. The summed E-state index contributed by atoms with van der Waals surface area (Å²) in [5.74, 6) is -0.0874. The van der Waals surface area contributed by atoms with E-state index >= 15 is 0 Å². The Kier molecular flexibility index (Phi) is 4.84. The fourth-order valence-electron chi connectivity index (χ4n) is 2.69. The van der Waals surface area contributed by atoms with E-state index in [1.807, 2.05) is 6.07 Å². The van der Waals surface area contributed by atoms with Gasteiger partial charge in [0, 0.05) is 31.0 Å². The fraction of sp³-hybridized carbons (Fsp3) is 0.533. The van der Waals surface area contributed by atoms with Crippen LogP contribution in [0.5, 0.6) is 0 Å². The van der Waals surface area contributed by atoms with Crippen LogP contribution in [0.2, 0.25) is 0 Å². The predicted octanol–water partition coefficient (Wildman–Crippen LogP) is 1.52. The molecule has 5 heteroatoms. The van der Waals surface area contributed by atoms with Crippen LogP contribution in [-0.2, 0) is 0 Å². The molecule has 1 fully saturated rings. The summed E-state index contributed by atoms with van der Waals surface area (Å²) in [5, 5.41) is 6.16. The number of likely N-dealkylation sites (tertiary alicyclic amines) is 1. The van der Waals surface area contributed by atoms with Gasteiger partial charge in [-0.05, 0) is 44.1 Å². The second kappa shape index (κ2) is 6.61. The van der Waals surface area contributed by atoms with E-state index in [0.29, 0.717) is 17.3 Å². The molecule has 0 radical (unpaired) electrons. The van der Waals surface area contributed by atoms with Crippen LogP contribution >= 0.6 is 0 Å². The largest absolute Gasteiger partial charge is 0.399 e. The zero-order valence-electron chi connectivity index (χ0n) is 12.3. The lowest BCUT2D eigenvalue weighted by molar-refractivity contribution is 0.0964. The number of benzene rings is 1. The molecular weight excluding hydrogens is 252 g/mol. The average Bonchev–Trinajstić information content (AvgIpc) is 2.47. The van der Waals surface area contributed by atoms with Gasteiger partial charge in [0.25, 0.3) is 5.91 Å². The maximum absolute atomic E-state index is 11.9. The van der Waals surface area contributed by atoms with Gasteiger partial charge in [0.15, 0.2) is 0 Å². The van der Waals surface area contributed by atoms with E-state index in [1.165, 1.54) is 6.42 Å². The number of nitrogens with two attached hydrogens (primary N) is 1. The van der Waals surface area contributed by atoms with Crippen LogP contribution in [-0.4, -0.2) is 43.5 Å². The highest BCUT2D eigenvalue weighted by Crippen LogP contribution is 2.22. The first-order valence-corrected chi connectivity index (χ1v) is 7.24. The smallest absolute Gasteiger partial charge is 0.253 e. The summed E-state index contributed by atoms with van der Waals surface area (Å²) in [5.41, 5.74) is 7.99. The van der Waals surface area contributed by atoms with Crippen molar-refractivity contribution >= 4 is 17.3 Å². The number of piperidine rings is 1. The van der Waals surface area contributed by atoms with Crippen LogP contribution in [0, 0.1) is 0 Å². The van der Waals surface area contributed by atoms with Crippen molar-refractivity contribution in [3.63, 3.8) is 0 Å². The van der Waals surface area contributed by atoms with Crippen LogP contribution in [0.1, 0.15) is 30.1 Å². The van der Waals surface area contributed by atoms with Gasteiger partial charge in [-0.3, -0.25) is 4.79 Å². The van der Waals surface area contributed by atoms with Crippen molar-refractivity contribution in [3.05, 3.63) is 23.8 Å². The molecule has 1 amide bonds. The molecule has 1 unspecified atom stereocenters. The Bertz CT molecular complexity index is 475. The lowest BCUT2D eigenvalue weighted by Crippen LogP contribution is -2.42. The minimum atomic E-state index is -0.0874. The van der Waals surface area contributed by atoms with E-state index in [4.69, 9.17) is 5.73 Å². The summed E-state index contributed by atoms with van der Waals surface area (Å²) < 4.78 is 0. The van der Waals surface area contributed by atoms with Crippen molar-refractivity contribution in [3.8, 4) is 0 Å². The molecule has 0 aromatic heterocycles. The van der Waals surface area contributed by atoms with Gasteiger partial charge >= 0.3 is 0 Å². The van der Waals surface area contributed by atoms with E-state index in [0.717, 1.165) is 31.7 Å². The fourth-order valence-corrected chi connectivity index (χ4v) is 2.69. The third-order valence-electron chi connectivity index (χ3n) is 3.83. The zero-order chi connectivity index (χ0) is 14.5. The molecule has 1 heterocycles. The van der Waals surface area contributed by atoms with Crippen LogP contribution < -0.4 is 16.4 Å². The molecule has 1 aliphatic rings. The molecule has 2 rings (SSSR count). The number of nitrogens with zero attached hydrogens (tertiary/aromatic N) is 1. The number of hydrogen-bond donors (Lipinski definition) is 3. The average molecular weight is 276 g/mol. The van der Waals surface area contributed by atoms with Crippen molar-refractivity contribution < 1.29 is 4.79 Å². The molecule has 0 saturated carbocycles. The standard InChI is InChI=1S/C15H24N4O/c1-3-19-8-4-5-12(10-19)18-14-9-11(16)6-7-13(14)15(20)17-2/h6-7,9,12,18H,3-5,8,10,16H2,1-2H3,(H,17,20). The lowest BCUT2D eigenvalue weighted by Gasteiger charge is -2.33. The number of anilines is 2. The first-order valence-electron chi connectivity index (χ1n) is 7.24. The van der Waals surface area contributed by atoms with Gasteiger partial charge in [-0.2, -0.15) is 0 Å². The molecule has 110 valence electrons. The van der Waals surface area contributed by atoms with E-state index in [-0.39, 0.29) is 5.91 Å². The Hall–Kier alpha value is -1.75. The maximum atomic E-state index is 11.9. The summed E-state index contributed by atoms with van der Waals surface area (Å²) in [7, 11) is 1.64. The molecule has 5 nitrogen and oxygen atoms in total. The number of nitrogens with one attached hydrogen (secondary N) is 2. The predicted molar refractivity (Wildman–Crippen MR) is 83.0 cm³/mol. The van der Waals surface area contributed by atoms with Gasteiger partial charge in [0.1, 0.15) is 0 Å². The van der Waals surface area contributed by atoms with E-state index in [2.05, 4.69) is 22.5 Å². The third-order valence-corrected chi connectivity index (χ3v) is 3.83. The second-order valence-corrected chi connectivity index (χ2v) is 5.26. The minimum absolute atomic E-state index is 0.0874. The highest BCUT2D eigenvalue weighted by atomic mass is 16.1. The van der Waals surface area contributed by atoms with Crippen molar-refractivity contribution in [2.45, 2.75) is 25.8 Å². The topological polar surface area (TPSA) is 70.4 Å². The summed E-state index contributed by atoms with van der Waals surface area (Å²) >= 11 is 0. The van der Waals surface area contributed by atoms with Crippen molar-refractivity contribution in [1.29, 1.82) is 0 Å². The van der Waals surface area contributed by atoms with Gasteiger partial charge in [-0.25, -0.2) is 0 Å². The molecule has 1 aliphatic heterocycles. The summed E-state index contributed by atoms with van der Waals surface area (Å²) in [6.45, 7) is 5.42. The van der Waals surface area contributed by atoms with Crippen LogP contribution in [0.25, 0.3) is 0 Å². The molecule has 0 aliphatic carbocycles. The Morgan fingerprint density at radius 3 is 3.00 bits per heavy atom. The number of carbonyl (C=O) groups excluding carboxylic acids is 1.